The van der Waals surface area contributed by atoms with E-state index in [9.17, 15) is 27.6 Å². The molecule has 2 amide bonds. The molecular weight excluding hydrogens is 1180 g/mol. The molecule has 0 radical (unpaired) electrons. The van der Waals surface area contributed by atoms with Gasteiger partial charge in [0.1, 0.15) is 21.2 Å². The number of benzene rings is 2. The number of piperidine rings is 2. The summed E-state index contributed by atoms with van der Waals surface area (Å²) in [6.07, 6.45) is 4.85. The van der Waals surface area contributed by atoms with Gasteiger partial charge in [0.2, 0.25) is 11.8 Å². The third kappa shape index (κ3) is 23.9. The van der Waals surface area contributed by atoms with Crippen LogP contribution >= 0.6 is 45.3 Å². The number of carbonyl (C=O) groups is 5. The van der Waals surface area contributed by atoms with Crippen molar-refractivity contribution in [3.8, 4) is 11.5 Å². The van der Waals surface area contributed by atoms with Crippen molar-refractivity contribution in [2.45, 2.75) is 60.0 Å². The maximum atomic E-state index is 12.3. The molecule has 27 heteroatoms. The molecule has 0 atom stereocenters. The van der Waals surface area contributed by atoms with E-state index >= 15 is 0 Å². The van der Waals surface area contributed by atoms with Gasteiger partial charge in [-0.1, -0.05) is 54.4 Å². The molecule has 0 aliphatic carbocycles. The molecule has 2 aliphatic rings. The summed E-state index contributed by atoms with van der Waals surface area (Å²) in [5.74, 6) is 2.66. The number of amides is 2. The van der Waals surface area contributed by atoms with Gasteiger partial charge in [-0.15, -0.1) is 22.7 Å². The van der Waals surface area contributed by atoms with Crippen LogP contribution in [0, 0.1) is 11.8 Å². The number of ether oxygens (including phenoxy) is 2. The fraction of sp³-hybridized carbons (Fsp3) is 0.491. The Labute approximate surface area is 573 Å². The Bertz CT molecular complexity index is 2900. The number of hydrogen-bond acceptors (Lipinski definition) is 22. The molecule has 0 saturated carbocycles. The average molecular weight is 1250 g/mol. The molecular formula is C53H74K2N8O12S5. The van der Waals surface area contributed by atoms with Crippen molar-refractivity contribution in [1.82, 2.24) is 30.0 Å². The molecule has 2 saturated heterocycles. The fourth-order valence-corrected chi connectivity index (χ4v) is 12.9. The summed E-state index contributed by atoms with van der Waals surface area (Å²) in [5.41, 5.74) is 2.22. The van der Waals surface area contributed by atoms with E-state index in [-0.39, 0.29) is 160 Å². The smallest absolute Gasteiger partial charge is 1.00 e. The minimum atomic E-state index is -3.51. The number of likely N-dealkylation sites (tertiary alicyclic amines) is 1. The summed E-state index contributed by atoms with van der Waals surface area (Å²) in [6, 6.07) is 19.6. The number of carbonyl (C=O) groups excluding carboxylic acids is 5. The van der Waals surface area contributed by atoms with Crippen molar-refractivity contribution in [1.29, 1.82) is 0 Å². The zero-order valence-corrected chi connectivity index (χ0v) is 57.3. The molecule has 430 valence electrons. The van der Waals surface area contributed by atoms with E-state index in [1.165, 1.54) is 46.5 Å². The van der Waals surface area contributed by atoms with Crippen LogP contribution in [0.3, 0.4) is 0 Å². The first-order valence-electron chi connectivity index (χ1n) is 24.7. The van der Waals surface area contributed by atoms with Crippen LogP contribution in [0.25, 0.3) is 19.1 Å². The Morgan fingerprint density at radius 1 is 0.713 bits per heavy atom. The van der Waals surface area contributed by atoms with Crippen LogP contribution in [-0.4, -0.2) is 164 Å². The number of ketones is 2. The number of nitrogens with one attached hydrogen (secondary N) is 1. The van der Waals surface area contributed by atoms with Gasteiger partial charge in [-0.25, -0.2) is 9.97 Å². The number of thiazole rings is 2. The van der Waals surface area contributed by atoms with Crippen molar-refractivity contribution in [3.05, 3.63) is 81.5 Å². The van der Waals surface area contributed by atoms with Crippen molar-refractivity contribution in [3.63, 3.8) is 0 Å². The summed E-state index contributed by atoms with van der Waals surface area (Å²) in [6.45, 7) is 10.3. The number of nitrogens with zero attached hydrogens (tertiary/aromatic N) is 7. The van der Waals surface area contributed by atoms with E-state index in [1.807, 2.05) is 81.6 Å². The number of rotatable bonds is 20. The molecule has 80 heavy (non-hydrogen) atoms. The molecule has 2 aromatic carbocycles. The molecule has 20 nitrogen and oxygen atoms in total. The Morgan fingerprint density at radius 3 is 1.46 bits per heavy atom. The minimum absolute atomic E-state index is 0. The van der Waals surface area contributed by atoms with Gasteiger partial charge in [0.25, 0.3) is 16.6 Å². The zero-order valence-electron chi connectivity index (χ0n) is 48.0. The van der Waals surface area contributed by atoms with Crippen molar-refractivity contribution in [2.24, 2.45) is 11.8 Å². The molecule has 8 rings (SSSR count). The van der Waals surface area contributed by atoms with Crippen LogP contribution in [0.5, 0.6) is 11.5 Å². The Kier molecular flexibility index (Phi) is 34.2. The van der Waals surface area contributed by atoms with E-state index in [1.54, 1.807) is 42.3 Å². The van der Waals surface area contributed by atoms with Crippen molar-refractivity contribution in [2.75, 3.05) is 111 Å². The molecule has 0 bridgehead atoms. The second-order valence-corrected chi connectivity index (χ2v) is 24.3. The van der Waals surface area contributed by atoms with Gasteiger partial charge in [0.05, 0.1) is 46.2 Å². The van der Waals surface area contributed by atoms with E-state index in [4.69, 9.17) is 28.7 Å². The van der Waals surface area contributed by atoms with Gasteiger partial charge in [-0.3, -0.25) is 28.2 Å². The number of Topliss-reactive ketones (excluding diaryl/α,β-unsaturated/α-hetero) is 2. The van der Waals surface area contributed by atoms with Crippen LogP contribution in [0.2, 0.25) is 0 Å². The average Bonchev–Trinajstić information content (AvgIpc) is 4.22. The van der Waals surface area contributed by atoms with Crippen LogP contribution in [0.1, 0.15) is 78.9 Å². The van der Waals surface area contributed by atoms with E-state index < -0.39 is 10.1 Å². The molecule has 0 spiro atoms. The van der Waals surface area contributed by atoms with Gasteiger partial charge in [-0.2, -0.15) is 8.42 Å². The molecule has 4 aromatic heterocycles. The first-order valence-corrected chi connectivity index (χ1v) is 29.8. The van der Waals surface area contributed by atoms with Crippen LogP contribution in [0.4, 0.5) is 10.3 Å². The van der Waals surface area contributed by atoms with Crippen LogP contribution in [-0.2, 0) is 46.7 Å². The second-order valence-electron chi connectivity index (χ2n) is 18.5. The van der Waals surface area contributed by atoms with Gasteiger partial charge < -0.3 is 50.9 Å². The van der Waals surface area contributed by atoms with Crippen LogP contribution in [0.15, 0.2) is 60.7 Å². The van der Waals surface area contributed by atoms with Gasteiger partial charge in [0, 0.05) is 72.8 Å². The first kappa shape index (κ1) is 73.7. The Hall–Kier alpha value is -2.37. The molecule has 1 N–H and O–H groups in total. The summed E-state index contributed by atoms with van der Waals surface area (Å²) < 4.78 is 40.0. The van der Waals surface area contributed by atoms with Gasteiger partial charge in [0.15, 0.2) is 21.8 Å². The summed E-state index contributed by atoms with van der Waals surface area (Å²) in [4.78, 5) is 81.1. The third-order valence-corrected chi connectivity index (χ3v) is 17.6. The van der Waals surface area contributed by atoms with Crippen molar-refractivity contribution < 1.29 is 160 Å². The maximum absolute atomic E-state index is 12.3. The molecule has 2 fully saturated rings. The van der Waals surface area contributed by atoms with Gasteiger partial charge >= 0.3 is 103 Å². The molecule has 2 aliphatic heterocycles. The summed E-state index contributed by atoms with van der Waals surface area (Å²) in [5, 5.41) is 13.4. The minimum Gasteiger partial charge on any atom is -1.00 e. The zero-order chi connectivity index (χ0) is 56.2. The Balaban J connectivity index is 0.000000627. The number of hydrogen-bond donors (Lipinski definition) is 1. The predicted molar refractivity (Wildman–Crippen MR) is 311 cm³/mol. The normalized spacial score (nSPS) is 13.4. The van der Waals surface area contributed by atoms with E-state index in [2.05, 4.69) is 37.1 Å². The standard InChI is InChI=1S/C25H32N4O3S2.C18H20N2O5S3.C8H16N2O.CH2O3.CH4.2K.H/c1-17(30)21-15-22-23(33-21)26-25(34-22)29(16-18-5-7-20(32-4)8-6-18)14-13-28-11-9-19(10-12-28)24(31)27(2)3;1-12(21)15-10-16-17(26-15)19-18(27-16)20(8-9-25-28(3,22)23)11-13-4-6-14(24-2)7-5-13;1-10(2)8(11)7-3-5-9-6-4-7;2-1-4-3;;;;/h5-8,15,19H,9-14,16H2,1-4H3;4-7,10H,8-9,11H2,1-3H3;7,9H,3-6H2,1-2H3;1,3H;1H4;;;/q;;;;;2*+1;-1/p-1. The van der Waals surface area contributed by atoms with Gasteiger partial charge in [-0.05, 0) is 113 Å². The van der Waals surface area contributed by atoms with Crippen molar-refractivity contribution >= 4 is 115 Å². The maximum Gasteiger partial charge on any atom is 1.00 e. The SMILES string of the molecule is C.CN(C)C(=O)C1CCNCC1.COc1ccc(CN(CCN2CCC(C(=O)N(C)C)CC2)c2nc3sc(C(C)=O)cc3s2)cc1.COc1ccc(CN(CCOS(C)(=O)=O)c2nc3sc(C(C)=O)cc3s2)cc1.O=CO[O-].[H-].[K+].[K+]. The van der Waals surface area contributed by atoms with E-state index in [0.717, 1.165) is 129 Å². The topological polar surface area (TPSA) is 233 Å². The first-order chi connectivity index (χ1) is 36.7. The quantitative estimate of drug-likeness (QED) is 0.0283. The monoisotopic (exact) mass is 1250 g/mol. The fourth-order valence-electron chi connectivity index (χ4n) is 8.22. The second kappa shape index (κ2) is 37.1. The number of methoxy groups -OCH3 is 2. The third-order valence-electron chi connectivity index (χ3n) is 12.3. The summed E-state index contributed by atoms with van der Waals surface area (Å²) in [7, 11) is 7.10. The number of thiophene rings is 2. The Morgan fingerprint density at radius 2 is 1.11 bits per heavy atom. The number of fused-ring (bicyclic) bond motifs is 2. The number of anilines is 2. The molecule has 6 aromatic rings. The molecule has 0 unspecified atom stereocenters. The number of aromatic nitrogens is 2. The largest absolute Gasteiger partial charge is 1.00 e. The predicted octanol–water partition coefficient (Wildman–Crippen LogP) is 1.19. The van der Waals surface area contributed by atoms with E-state index in [0.29, 0.717) is 18.0 Å². The van der Waals surface area contributed by atoms with Crippen LogP contribution < -0.4 is 133 Å². The summed E-state index contributed by atoms with van der Waals surface area (Å²) >= 11 is 5.94. The molecule has 6 heterocycles.